The smallest absolute Gasteiger partial charge is 0.348 e. The van der Waals surface area contributed by atoms with Gasteiger partial charge in [0.2, 0.25) is 0 Å². The van der Waals surface area contributed by atoms with Gasteiger partial charge in [0.1, 0.15) is 11.4 Å². The monoisotopic (exact) mass is 309 g/mol. The van der Waals surface area contributed by atoms with Gasteiger partial charge < -0.3 is 14.4 Å². The van der Waals surface area contributed by atoms with Crippen LogP contribution < -0.4 is 5.56 Å². The predicted molar refractivity (Wildman–Crippen MR) is 81.0 cm³/mol. The molecule has 5 nitrogen and oxygen atoms in total. The minimum absolute atomic E-state index is 0.324. The zero-order chi connectivity index (χ0) is 15.9. The van der Waals surface area contributed by atoms with Crippen LogP contribution in [0.1, 0.15) is 31.1 Å². The van der Waals surface area contributed by atoms with E-state index in [1.54, 1.807) is 32.9 Å². The van der Waals surface area contributed by atoms with Crippen LogP contribution in [0.2, 0.25) is 5.02 Å². The van der Waals surface area contributed by atoms with Crippen LogP contribution in [-0.2, 0) is 11.8 Å². The minimum Gasteiger partial charge on any atom is -0.506 e. The van der Waals surface area contributed by atoms with Crippen molar-refractivity contribution in [2.24, 2.45) is 7.05 Å². The first-order valence-electron chi connectivity index (χ1n) is 6.36. The first-order chi connectivity index (χ1) is 9.61. The molecule has 0 saturated carbocycles. The van der Waals surface area contributed by atoms with Gasteiger partial charge in [-0.3, -0.25) is 4.79 Å². The highest BCUT2D eigenvalue weighted by atomic mass is 35.5. The molecule has 2 aromatic rings. The number of fused-ring (bicyclic) bond motifs is 1. The molecule has 0 aliphatic carbocycles. The lowest BCUT2D eigenvalue weighted by Gasteiger charge is -2.20. The van der Waals surface area contributed by atoms with Gasteiger partial charge in [0.05, 0.1) is 5.52 Å². The van der Waals surface area contributed by atoms with E-state index in [1.807, 2.05) is 0 Å². The molecule has 6 heteroatoms. The van der Waals surface area contributed by atoms with Crippen molar-refractivity contribution in [1.29, 1.82) is 0 Å². The molecule has 1 N–H and O–H groups in total. The maximum Gasteiger partial charge on any atom is 0.348 e. The molecule has 0 saturated heterocycles. The summed E-state index contributed by atoms with van der Waals surface area (Å²) in [6.45, 7) is 5.05. The summed E-state index contributed by atoms with van der Waals surface area (Å²) in [5, 5.41) is 11.0. The number of carbonyl (C=O) groups is 1. The van der Waals surface area contributed by atoms with Gasteiger partial charge in [-0.15, -0.1) is 0 Å². The molecule has 0 amide bonds. The predicted octanol–water partition coefficient (Wildman–Crippen LogP) is 2.85. The molecule has 21 heavy (non-hydrogen) atoms. The average Bonchev–Trinajstić information content (AvgIpc) is 2.34. The summed E-state index contributed by atoms with van der Waals surface area (Å²) < 4.78 is 6.46. The highest BCUT2D eigenvalue weighted by molar-refractivity contribution is 6.31. The van der Waals surface area contributed by atoms with E-state index in [0.717, 1.165) is 0 Å². The standard InChI is InChI=1S/C15H16ClNO4/c1-15(2,3)21-14(20)11-12(18)9-7-8(16)5-6-10(9)17(4)13(11)19/h5-7,18H,1-4H3. The van der Waals surface area contributed by atoms with Crippen LogP contribution >= 0.6 is 11.6 Å². The summed E-state index contributed by atoms with van der Waals surface area (Å²) in [5.41, 5.74) is -1.29. The number of nitrogens with zero attached hydrogens (tertiary/aromatic N) is 1. The second kappa shape index (κ2) is 5.07. The Bertz CT molecular complexity index is 787. The summed E-state index contributed by atoms with van der Waals surface area (Å²) in [7, 11) is 1.52. The van der Waals surface area contributed by atoms with Crippen LogP contribution in [-0.4, -0.2) is 21.2 Å². The maximum absolute atomic E-state index is 12.3. The van der Waals surface area contributed by atoms with Crippen LogP contribution in [0.3, 0.4) is 0 Å². The van der Waals surface area contributed by atoms with Gasteiger partial charge >= 0.3 is 5.97 Å². The molecule has 0 fully saturated rings. The Hall–Kier alpha value is -2.01. The SMILES string of the molecule is Cn1c(=O)c(C(=O)OC(C)(C)C)c(O)c2cc(Cl)ccc21. The fraction of sp³-hybridized carbons (Fsp3) is 0.333. The largest absolute Gasteiger partial charge is 0.506 e. The van der Waals surface area contributed by atoms with Crippen LogP contribution in [0.25, 0.3) is 10.9 Å². The molecule has 1 aromatic heterocycles. The quantitative estimate of drug-likeness (QED) is 0.822. The fourth-order valence-corrected chi connectivity index (χ4v) is 2.19. The van der Waals surface area contributed by atoms with Crippen molar-refractivity contribution in [3.63, 3.8) is 0 Å². The number of carbonyl (C=O) groups excluding carboxylic acids is 1. The Morgan fingerprint density at radius 2 is 1.95 bits per heavy atom. The van der Waals surface area contributed by atoms with E-state index in [4.69, 9.17) is 16.3 Å². The number of aryl methyl sites for hydroxylation is 1. The molecule has 0 bridgehead atoms. The Morgan fingerprint density at radius 1 is 1.33 bits per heavy atom. The van der Waals surface area contributed by atoms with Crippen molar-refractivity contribution in [1.82, 2.24) is 4.57 Å². The second-order valence-corrected chi connectivity index (χ2v) is 6.19. The molecule has 0 unspecified atom stereocenters. The first kappa shape index (κ1) is 15.4. The Labute approximate surface area is 126 Å². The third kappa shape index (κ3) is 2.88. The van der Waals surface area contributed by atoms with Crippen LogP contribution in [0.5, 0.6) is 5.75 Å². The third-order valence-electron chi connectivity index (χ3n) is 2.93. The highest BCUT2D eigenvalue weighted by Crippen LogP contribution is 2.29. The number of ether oxygens (including phenoxy) is 1. The van der Waals surface area contributed by atoms with Gasteiger partial charge in [-0.05, 0) is 39.0 Å². The minimum atomic E-state index is -0.859. The zero-order valence-electron chi connectivity index (χ0n) is 12.2. The van der Waals surface area contributed by atoms with E-state index in [1.165, 1.54) is 17.7 Å². The molecule has 0 radical (unpaired) electrons. The van der Waals surface area contributed by atoms with Crippen LogP contribution in [0.15, 0.2) is 23.0 Å². The van der Waals surface area contributed by atoms with Gasteiger partial charge in [-0.1, -0.05) is 11.6 Å². The van der Waals surface area contributed by atoms with Crippen LogP contribution in [0, 0.1) is 0 Å². The molecule has 0 atom stereocenters. The van der Waals surface area contributed by atoms with Crippen LogP contribution in [0.4, 0.5) is 0 Å². The first-order valence-corrected chi connectivity index (χ1v) is 6.74. The van der Waals surface area contributed by atoms with Gasteiger partial charge in [0.15, 0.2) is 5.56 Å². The number of benzene rings is 1. The number of pyridine rings is 1. The van der Waals surface area contributed by atoms with Gasteiger partial charge in [0.25, 0.3) is 5.56 Å². The number of rotatable bonds is 1. The van der Waals surface area contributed by atoms with Gasteiger partial charge in [-0.25, -0.2) is 4.79 Å². The molecule has 112 valence electrons. The Morgan fingerprint density at radius 3 is 2.52 bits per heavy atom. The molecular formula is C15H16ClNO4. The van der Waals surface area contributed by atoms with E-state index >= 15 is 0 Å². The lowest BCUT2D eigenvalue weighted by molar-refractivity contribution is 0.00645. The van der Waals surface area contributed by atoms with Crippen molar-refractivity contribution in [3.05, 3.63) is 39.1 Å². The summed E-state index contributed by atoms with van der Waals surface area (Å²) in [6.07, 6.45) is 0. The van der Waals surface area contributed by atoms with Gasteiger partial charge in [0, 0.05) is 17.5 Å². The lowest BCUT2D eigenvalue weighted by Crippen LogP contribution is -2.30. The number of aromatic hydroxyl groups is 1. The van der Waals surface area contributed by atoms with E-state index in [-0.39, 0.29) is 5.56 Å². The van der Waals surface area contributed by atoms with E-state index in [0.29, 0.717) is 15.9 Å². The van der Waals surface area contributed by atoms with Crippen molar-refractivity contribution < 1.29 is 14.6 Å². The number of hydrogen-bond donors (Lipinski definition) is 1. The molecule has 2 rings (SSSR count). The fourth-order valence-electron chi connectivity index (χ4n) is 2.02. The van der Waals surface area contributed by atoms with E-state index < -0.39 is 22.9 Å². The third-order valence-corrected chi connectivity index (χ3v) is 3.17. The summed E-state index contributed by atoms with van der Waals surface area (Å²) >= 11 is 5.91. The molecule has 0 aliphatic heterocycles. The summed E-state index contributed by atoms with van der Waals surface area (Å²) in [4.78, 5) is 24.4. The topological polar surface area (TPSA) is 68.5 Å². The second-order valence-electron chi connectivity index (χ2n) is 5.75. The number of hydrogen-bond acceptors (Lipinski definition) is 4. The molecular weight excluding hydrogens is 294 g/mol. The lowest BCUT2D eigenvalue weighted by atomic mass is 10.1. The molecule has 1 aromatic carbocycles. The molecule has 0 spiro atoms. The average molecular weight is 310 g/mol. The Balaban J connectivity index is 2.75. The normalized spacial score (nSPS) is 11.7. The number of esters is 1. The van der Waals surface area contributed by atoms with Gasteiger partial charge in [-0.2, -0.15) is 0 Å². The van der Waals surface area contributed by atoms with Crippen molar-refractivity contribution in [3.8, 4) is 5.75 Å². The summed E-state index contributed by atoms with van der Waals surface area (Å²) in [6, 6.07) is 4.72. The molecule has 0 aliphatic rings. The Kier molecular flexibility index (Phi) is 3.72. The number of aromatic nitrogens is 1. The van der Waals surface area contributed by atoms with Crippen molar-refractivity contribution in [2.75, 3.05) is 0 Å². The summed E-state index contributed by atoms with van der Waals surface area (Å²) in [5.74, 6) is -1.27. The zero-order valence-corrected chi connectivity index (χ0v) is 13.0. The maximum atomic E-state index is 12.3. The highest BCUT2D eigenvalue weighted by Gasteiger charge is 2.26. The molecule has 1 heterocycles. The van der Waals surface area contributed by atoms with Crippen molar-refractivity contribution >= 4 is 28.5 Å². The van der Waals surface area contributed by atoms with E-state index in [2.05, 4.69) is 0 Å². The number of halogens is 1. The van der Waals surface area contributed by atoms with Crippen molar-refractivity contribution in [2.45, 2.75) is 26.4 Å². The van der Waals surface area contributed by atoms with E-state index in [9.17, 15) is 14.7 Å².